The summed E-state index contributed by atoms with van der Waals surface area (Å²) in [5, 5.41) is 17.4. The molecule has 5 heterocycles. The van der Waals surface area contributed by atoms with Gasteiger partial charge in [0.25, 0.3) is 17.7 Å². The molecule has 4 aromatic rings. The van der Waals surface area contributed by atoms with Crippen LogP contribution in [-0.4, -0.2) is 149 Å². The molecule has 2 aromatic heterocycles. The zero-order chi connectivity index (χ0) is 51.5. The fourth-order valence-corrected chi connectivity index (χ4v) is 11.2. The number of hydrazine groups is 1. The molecule has 2 saturated heterocycles. The summed E-state index contributed by atoms with van der Waals surface area (Å²) in [6, 6.07) is 13.6. The summed E-state index contributed by atoms with van der Waals surface area (Å²) in [4.78, 5) is 80.5. The predicted molar refractivity (Wildman–Crippen MR) is 275 cm³/mol. The second-order valence-corrected chi connectivity index (χ2v) is 21.3. The highest BCUT2D eigenvalue weighted by Crippen LogP contribution is 2.42. The predicted octanol–water partition coefficient (Wildman–Crippen LogP) is 5.29. The molecule has 3 fully saturated rings. The second kappa shape index (κ2) is 21.9. The van der Waals surface area contributed by atoms with Crippen LogP contribution in [0.3, 0.4) is 0 Å². The number of fused-ring (bicyclic) bond motifs is 6. The van der Waals surface area contributed by atoms with Crippen LogP contribution in [0.1, 0.15) is 95.4 Å². The van der Waals surface area contributed by atoms with Gasteiger partial charge in [-0.15, -0.1) is 0 Å². The van der Waals surface area contributed by atoms with E-state index in [-0.39, 0.29) is 44.6 Å². The molecule has 16 nitrogen and oxygen atoms in total. The highest BCUT2D eigenvalue weighted by molar-refractivity contribution is 5.98. The lowest BCUT2D eigenvalue weighted by Crippen LogP contribution is -2.63. The van der Waals surface area contributed by atoms with Crippen molar-refractivity contribution < 1.29 is 38.6 Å². The summed E-state index contributed by atoms with van der Waals surface area (Å²) in [5.74, 6) is 2.65. The molecular weight excluding hydrogens is 913 g/mol. The molecule has 1 saturated carbocycles. The number of likely N-dealkylation sites (tertiary alicyclic amines) is 1. The maximum Gasteiger partial charge on any atom is 0.324 e. The van der Waals surface area contributed by atoms with Crippen molar-refractivity contribution in [1.29, 1.82) is 0 Å². The van der Waals surface area contributed by atoms with Crippen molar-refractivity contribution >= 4 is 40.5 Å². The number of β-amino-alcohol motifs (C(OH)–C–C–N with tert-alkyl or cyclic N) is 1. The van der Waals surface area contributed by atoms with E-state index in [0.717, 1.165) is 62.8 Å². The lowest BCUT2D eigenvalue weighted by Gasteiger charge is -2.38. The maximum absolute atomic E-state index is 15.0. The number of carbonyl (C=O) groups excluding carboxylic acids is 5. The van der Waals surface area contributed by atoms with Gasteiger partial charge in [0, 0.05) is 80.9 Å². The highest BCUT2D eigenvalue weighted by atomic mass is 16.5. The molecule has 0 spiro atoms. The fourth-order valence-electron chi connectivity index (χ4n) is 11.2. The smallest absolute Gasteiger partial charge is 0.324 e. The zero-order valence-corrected chi connectivity index (χ0v) is 43.3. The number of hydrogen-bond acceptors (Lipinski definition) is 11. The van der Waals surface area contributed by atoms with Crippen LogP contribution < -0.4 is 10.7 Å². The lowest BCUT2D eigenvalue weighted by atomic mass is 9.84. The number of aliphatic hydroxyl groups is 1. The van der Waals surface area contributed by atoms with Gasteiger partial charge in [-0.05, 0) is 118 Å². The van der Waals surface area contributed by atoms with Crippen molar-refractivity contribution in [2.75, 3.05) is 61.0 Å². The highest BCUT2D eigenvalue weighted by Gasteiger charge is 2.49. The van der Waals surface area contributed by atoms with Gasteiger partial charge in [-0.3, -0.25) is 38.9 Å². The second-order valence-electron chi connectivity index (χ2n) is 21.3. The van der Waals surface area contributed by atoms with Crippen LogP contribution in [0.4, 0.5) is 0 Å². The maximum atomic E-state index is 15.0. The number of nitrogens with one attached hydrogen (secondary N) is 2. The number of esters is 1. The van der Waals surface area contributed by atoms with Crippen molar-refractivity contribution in [1.82, 2.24) is 40.0 Å². The number of rotatable bonds is 10. The number of aryl methyl sites for hydroxylation is 1. The van der Waals surface area contributed by atoms with E-state index in [2.05, 4.69) is 77.2 Å². The molecule has 3 N–H and O–H groups in total. The number of pyridine rings is 1. The fraction of sp³-hybridized carbons (Fsp3) is 0.536. The molecule has 2 aromatic carbocycles. The molecule has 72 heavy (non-hydrogen) atoms. The Balaban J connectivity index is 1.16. The van der Waals surface area contributed by atoms with E-state index < -0.39 is 58.7 Å². The van der Waals surface area contributed by atoms with Crippen LogP contribution in [-0.2, 0) is 52.8 Å². The van der Waals surface area contributed by atoms with Crippen LogP contribution in [0.5, 0.6) is 0 Å². The minimum Gasteiger partial charge on any atom is -0.464 e. The minimum atomic E-state index is -1.92. The molecule has 16 heteroatoms. The molecule has 1 unspecified atom stereocenters. The van der Waals surface area contributed by atoms with Gasteiger partial charge in [-0.2, -0.15) is 0 Å². The third-order valence-electron chi connectivity index (χ3n) is 15.1. The first kappa shape index (κ1) is 52.2. The Bertz CT molecular complexity index is 2750. The van der Waals surface area contributed by atoms with Crippen molar-refractivity contribution in [3.05, 3.63) is 77.6 Å². The molecule has 1 aliphatic carbocycles. The summed E-state index contributed by atoms with van der Waals surface area (Å²) in [6.45, 7) is 9.75. The molecule has 8 rings (SSSR count). The Labute approximate surface area is 423 Å². The van der Waals surface area contributed by atoms with Crippen LogP contribution in [0, 0.1) is 23.2 Å². The molecule has 0 radical (unpaired) electrons. The van der Waals surface area contributed by atoms with E-state index in [0.29, 0.717) is 51.7 Å². The molecular formula is C56H72N8O8. The van der Waals surface area contributed by atoms with Gasteiger partial charge in [0.15, 0.2) is 5.60 Å². The van der Waals surface area contributed by atoms with Gasteiger partial charge in [0.05, 0.1) is 31.5 Å². The average Bonchev–Trinajstić information content (AvgIpc) is 4.13. The summed E-state index contributed by atoms with van der Waals surface area (Å²) >= 11 is 0. The first-order valence-corrected chi connectivity index (χ1v) is 25.6. The van der Waals surface area contributed by atoms with E-state index in [9.17, 15) is 29.1 Å². The van der Waals surface area contributed by atoms with Crippen LogP contribution in [0.25, 0.3) is 33.3 Å². The summed E-state index contributed by atoms with van der Waals surface area (Å²) < 4.78 is 14.4. The normalized spacial score (nSPS) is 22.5. The number of nitrogens with zero attached hydrogens (tertiary/aromatic N) is 6. The van der Waals surface area contributed by atoms with Crippen molar-refractivity contribution in [2.24, 2.45) is 11.3 Å². The standard InChI is InChI=1S/C56H72N8O8/c1-9-63-47-22-21-40-31-42(47)43(50(63)44-33-57-25-23-41(44)36(2)71-8)32-55(3,4)35-72-53(68)45-19-13-27-64(59-45)52(67)46(30-37-15-12-18-39(40)29-37)58-51(66)49(38-16-10-11-17-38)61(7)54(69)56(70)24-28-62(34-56)48(65)20-14-26-60(5)6/h12,15,18,21-23,25,29,31,33,36,38,45-46,49,59,70H,9-11,13,16-17,19,24,26-28,30,32,34-35H2,1-8H3,(H,58,66)/t36-,45-,46-,49-,56?/m0/s1. The van der Waals surface area contributed by atoms with Gasteiger partial charge >= 0.3 is 5.97 Å². The summed E-state index contributed by atoms with van der Waals surface area (Å²) in [5.41, 5.74) is 8.61. The monoisotopic (exact) mass is 985 g/mol. The van der Waals surface area contributed by atoms with Crippen molar-refractivity contribution in [3.8, 4) is 34.2 Å². The Hall–Kier alpha value is -6.12. The van der Waals surface area contributed by atoms with E-state index in [4.69, 9.17) is 9.47 Å². The molecule has 5 atom stereocenters. The Kier molecular flexibility index (Phi) is 15.9. The van der Waals surface area contributed by atoms with E-state index >= 15 is 0 Å². The Morgan fingerprint density at radius 3 is 2.53 bits per heavy atom. The van der Waals surface area contributed by atoms with Gasteiger partial charge in [-0.1, -0.05) is 62.9 Å². The Morgan fingerprint density at radius 1 is 1.03 bits per heavy atom. The summed E-state index contributed by atoms with van der Waals surface area (Å²) in [7, 11) is 6.92. The lowest BCUT2D eigenvalue weighted by molar-refractivity contribution is -0.157. The van der Waals surface area contributed by atoms with Crippen LogP contribution in [0.2, 0.25) is 0 Å². The first-order valence-electron chi connectivity index (χ1n) is 25.6. The van der Waals surface area contributed by atoms with Crippen LogP contribution >= 0.6 is 0 Å². The van der Waals surface area contributed by atoms with Crippen molar-refractivity contribution in [2.45, 2.75) is 122 Å². The number of cyclic esters (lactones) is 1. The summed E-state index contributed by atoms with van der Waals surface area (Å²) in [6.07, 6.45) is 8.25. The van der Waals surface area contributed by atoms with Crippen molar-refractivity contribution in [3.63, 3.8) is 0 Å². The van der Waals surface area contributed by atoms with E-state index in [1.165, 1.54) is 21.9 Å². The molecule has 4 aliphatic rings. The number of carbonyl (C=O) groups is 5. The number of benzene rings is 2. The molecule has 3 aliphatic heterocycles. The van der Waals surface area contributed by atoms with E-state index in [1.807, 2.05) is 56.4 Å². The third kappa shape index (κ3) is 11.1. The van der Waals surface area contributed by atoms with E-state index in [1.54, 1.807) is 13.3 Å². The number of likely N-dealkylation sites (N-methyl/N-ethyl adjacent to an activating group) is 1. The average molecular weight is 985 g/mol. The van der Waals surface area contributed by atoms with Crippen LogP contribution in [0.15, 0.2) is 60.9 Å². The van der Waals surface area contributed by atoms with Gasteiger partial charge in [0.1, 0.15) is 18.1 Å². The minimum absolute atomic E-state index is 0.00555. The SMILES string of the molecule is CCn1c(-c2cnccc2[C@H](C)OC)c2c3cc(ccc31)-c1cccc(c1)C[C@H](NC(=O)[C@H](C1CCCC1)N(C)C(=O)C1(O)CCN(C(=O)C#CCN(C)C)C1)C(=O)N1CCC[C@H](N1)C(=O)OCC(C)(C)C2. The number of aromatic nitrogens is 2. The number of hydrogen-bond donors (Lipinski definition) is 3. The third-order valence-corrected chi connectivity index (χ3v) is 15.1. The topological polar surface area (TPSA) is 179 Å². The largest absolute Gasteiger partial charge is 0.464 e. The molecule has 4 amide bonds. The first-order chi connectivity index (χ1) is 34.4. The van der Waals surface area contributed by atoms with Gasteiger partial charge < -0.3 is 34.3 Å². The number of ether oxygens (including phenoxy) is 2. The molecule has 384 valence electrons. The van der Waals surface area contributed by atoms with Gasteiger partial charge in [0.2, 0.25) is 5.91 Å². The number of methoxy groups -OCH3 is 1. The number of amides is 4. The molecule has 6 bridgehead atoms. The quantitative estimate of drug-likeness (QED) is 0.139. The van der Waals surface area contributed by atoms with Gasteiger partial charge in [-0.25, -0.2) is 5.43 Å². The Morgan fingerprint density at radius 2 is 1.79 bits per heavy atom. The zero-order valence-electron chi connectivity index (χ0n) is 43.3.